The minimum absolute atomic E-state index is 0.268. The van der Waals surface area contributed by atoms with E-state index in [0.29, 0.717) is 5.92 Å². The molecule has 0 bridgehead atoms. The highest BCUT2D eigenvalue weighted by Crippen LogP contribution is 2.38. The Morgan fingerprint density at radius 3 is 2.75 bits per heavy atom. The van der Waals surface area contributed by atoms with Crippen LogP contribution in [0.4, 0.5) is 0 Å². The maximum Gasteiger partial charge on any atom is 0.0828 e. The summed E-state index contributed by atoms with van der Waals surface area (Å²) in [6.45, 7) is 2.30. The minimum atomic E-state index is -0.268. The molecule has 0 radical (unpaired) electrons. The Labute approximate surface area is 111 Å². The zero-order valence-electron chi connectivity index (χ0n) is 9.70. The molecule has 16 heavy (non-hydrogen) atoms. The molecule has 0 aliphatic heterocycles. The van der Waals surface area contributed by atoms with Crippen molar-refractivity contribution >= 4 is 22.6 Å². The van der Waals surface area contributed by atoms with Crippen molar-refractivity contribution in [1.82, 2.24) is 0 Å². The molecule has 1 saturated carbocycles. The Kier molecular flexibility index (Phi) is 4.25. The molecule has 1 aliphatic rings. The van der Waals surface area contributed by atoms with Gasteiger partial charge in [-0.1, -0.05) is 38.0 Å². The van der Waals surface area contributed by atoms with Gasteiger partial charge in [0.05, 0.1) is 6.10 Å². The second-order valence-electron chi connectivity index (χ2n) is 5.00. The number of rotatable bonds is 2. The topological polar surface area (TPSA) is 20.2 Å². The summed E-state index contributed by atoms with van der Waals surface area (Å²) in [6.07, 6.45) is 4.68. The Balaban J connectivity index is 2.12. The van der Waals surface area contributed by atoms with E-state index in [1.54, 1.807) is 0 Å². The summed E-state index contributed by atoms with van der Waals surface area (Å²) < 4.78 is 1.19. The van der Waals surface area contributed by atoms with Crippen molar-refractivity contribution in [2.24, 2.45) is 11.8 Å². The molecule has 1 nitrogen and oxygen atoms in total. The van der Waals surface area contributed by atoms with Crippen LogP contribution >= 0.6 is 22.6 Å². The summed E-state index contributed by atoms with van der Waals surface area (Å²) in [4.78, 5) is 0. The third-order valence-corrected chi connectivity index (χ3v) is 4.63. The summed E-state index contributed by atoms with van der Waals surface area (Å²) in [7, 11) is 0. The normalized spacial score (nSPS) is 27.7. The fourth-order valence-electron chi connectivity index (χ4n) is 2.74. The molecule has 1 aliphatic carbocycles. The molecule has 1 N–H and O–H groups in total. The highest BCUT2D eigenvalue weighted by atomic mass is 127. The van der Waals surface area contributed by atoms with Crippen molar-refractivity contribution in [3.63, 3.8) is 0 Å². The Hall–Kier alpha value is -0.0900. The molecule has 3 unspecified atom stereocenters. The van der Waals surface area contributed by atoms with Gasteiger partial charge in [-0.15, -0.1) is 0 Å². The van der Waals surface area contributed by atoms with Crippen LogP contribution in [0.25, 0.3) is 0 Å². The largest absolute Gasteiger partial charge is 0.388 e. The first kappa shape index (κ1) is 12.4. The van der Waals surface area contributed by atoms with E-state index in [4.69, 9.17) is 0 Å². The van der Waals surface area contributed by atoms with Crippen LogP contribution in [0.1, 0.15) is 44.3 Å². The van der Waals surface area contributed by atoms with Crippen molar-refractivity contribution < 1.29 is 5.11 Å². The van der Waals surface area contributed by atoms with Crippen LogP contribution in [0.5, 0.6) is 0 Å². The molecule has 1 aromatic rings. The van der Waals surface area contributed by atoms with E-state index < -0.39 is 0 Å². The van der Waals surface area contributed by atoms with Crippen molar-refractivity contribution in [1.29, 1.82) is 0 Å². The van der Waals surface area contributed by atoms with Crippen LogP contribution in [-0.4, -0.2) is 5.11 Å². The zero-order valence-corrected chi connectivity index (χ0v) is 11.9. The number of halogens is 1. The van der Waals surface area contributed by atoms with E-state index in [-0.39, 0.29) is 6.10 Å². The molecule has 3 atom stereocenters. The van der Waals surface area contributed by atoms with Crippen LogP contribution in [0.3, 0.4) is 0 Å². The molecular formula is C14H19IO. The van der Waals surface area contributed by atoms with E-state index in [2.05, 4.69) is 41.6 Å². The van der Waals surface area contributed by atoms with Gasteiger partial charge < -0.3 is 5.11 Å². The molecule has 0 heterocycles. The Morgan fingerprint density at radius 1 is 1.31 bits per heavy atom. The lowest BCUT2D eigenvalue weighted by Gasteiger charge is -2.31. The molecule has 2 heteroatoms. The van der Waals surface area contributed by atoms with Gasteiger partial charge in [-0.05, 0) is 58.9 Å². The number of aliphatic hydroxyl groups is 1. The molecule has 0 aromatic heterocycles. The van der Waals surface area contributed by atoms with E-state index in [9.17, 15) is 5.11 Å². The first-order valence-corrected chi connectivity index (χ1v) is 7.19. The highest BCUT2D eigenvalue weighted by molar-refractivity contribution is 14.1. The fraction of sp³-hybridized carbons (Fsp3) is 0.571. The average molecular weight is 330 g/mol. The van der Waals surface area contributed by atoms with E-state index in [1.165, 1.54) is 29.3 Å². The van der Waals surface area contributed by atoms with Gasteiger partial charge >= 0.3 is 0 Å². The highest BCUT2D eigenvalue weighted by Gasteiger charge is 2.27. The number of benzene rings is 1. The molecule has 0 amide bonds. The van der Waals surface area contributed by atoms with Crippen molar-refractivity contribution in [2.75, 3.05) is 0 Å². The lowest BCUT2D eigenvalue weighted by molar-refractivity contribution is 0.0708. The van der Waals surface area contributed by atoms with Gasteiger partial charge in [0.1, 0.15) is 0 Å². The van der Waals surface area contributed by atoms with Gasteiger partial charge in [-0.3, -0.25) is 0 Å². The van der Waals surface area contributed by atoms with Crippen LogP contribution in [0.15, 0.2) is 24.3 Å². The van der Waals surface area contributed by atoms with E-state index in [0.717, 1.165) is 11.5 Å². The van der Waals surface area contributed by atoms with Crippen LogP contribution in [0.2, 0.25) is 0 Å². The molecule has 0 saturated heterocycles. The van der Waals surface area contributed by atoms with Crippen molar-refractivity contribution in [2.45, 2.75) is 38.7 Å². The first-order valence-electron chi connectivity index (χ1n) is 6.11. The maximum absolute atomic E-state index is 10.4. The first-order chi connectivity index (χ1) is 7.68. The fourth-order valence-corrected chi connectivity index (χ4v) is 3.44. The molecular weight excluding hydrogens is 311 g/mol. The lowest BCUT2D eigenvalue weighted by atomic mass is 9.78. The number of hydrogen-bond donors (Lipinski definition) is 1. The van der Waals surface area contributed by atoms with Gasteiger partial charge in [-0.25, -0.2) is 0 Å². The third-order valence-electron chi connectivity index (χ3n) is 3.65. The third kappa shape index (κ3) is 2.77. The minimum Gasteiger partial charge on any atom is -0.388 e. The summed E-state index contributed by atoms with van der Waals surface area (Å²) >= 11 is 2.32. The zero-order chi connectivity index (χ0) is 11.5. The number of hydrogen-bond acceptors (Lipinski definition) is 1. The van der Waals surface area contributed by atoms with Crippen molar-refractivity contribution in [3.8, 4) is 0 Å². The predicted octanol–water partition coefficient (Wildman–Crippen LogP) is 4.15. The van der Waals surface area contributed by atoms with Gasteiger partial charge in [-0.2, -0.15) is 0 Å². The second-order valence-corrected chi connectivity index (χ2v) is 6.16. The Morgan fingerprint density at radius 2 is 2.06 bits per heavy atom. The smallest absolute Gasteiger partial charge is 0.0828 e. The summed E-state index contributed by atoms with van der Waals surface area (Å²) in [5.41, 5.74) is 1.11. The Bertz CT molecular complexity index is 350. The van der Waals surface area contributed by atoms with E-state index in [1.807, 2.05) is 12.1 Å². The average Bonchev–Trinajstić information content (AvgIpc) is 2.29. The molecule has 2 rings (SSSR count). The van der Waals surface area contributed by atoms with Crippen LogP contribution < -0.4 is 0 Å². The van der Waals surface area contributed by atoms with E-state index >= 15 is 0 Å². The summed E-state index contributed by atoms with van der Waals surface area (Å²) in [5.74, 6) is 1.23. The molecule has 88 valence electrons. The monoisotopic (exact) mass is 330 g/mol. The van der Waals surface area contributed by atoms with Gasteiger partial charge in [0.2, 0.25) is 0 Å². The predicted molar refractivity (Wildman–Crippen MR) is 75.2 cm³/mol. The lowest BCUT2D eigenvalue weighted by Crippen LogP contribution is -2.20. The molecule has 1 fully saturated rings. The SMILES string of the molecule is CC1CCCC(C(O)c2ccccc2I)C1. The quantitative estimate of drug-likeness (QED) is 0.808. The van der Waals surface area contributed by atoms with Gasteiger partial charge in [0.15, 0.2) is 0 Å². The van der Waals surface area contributed by atoms with Crippen LogP contribution in [-0.2, 0) is 0 Å². The van der Waals surface area contributed by atoms with Gasteiger partial charge in [0, 0.05) is 3.57 Å². The van der Waals surface area contributed by atoms with Gasteiger partial charge in [0.25, 0.3) is 0 Å². The number of aliphatic hydroxyl groups excluding tert-OH is 1. The standard InChI is InChI=1S/C14H19IO/c1-10-5-4-6-11(9-10)14(16)12-7-2-3-8-13(12)15/h2-3,7-8,10-11,14,16H,4-6,9H2,1H3. The molecule has 0 spiro atoms. The maximum atomic E-state index is 10.4. The van der Waals surface area contributed by atoms with Crippen molar-refractivity contribution in [3.05, 3.63) is 33.4 Å². The second kappa shape index (κ2) is 5.50. The molecule has 1 aromatic carbocycles. The van der Waals surface area contributed by atoms with Crippen LogP contribution in [0, 0.1) is 15.4 Å². The summed E-state index contributed by atoms with van der Waals surface area (Å²) in [6, 6.07) is 8.19. The summed E-state index contributed by atoms with van der Waals surface area (Å²) in [5, 5.41) is 10.4.